The molecule has 1 heterocycles. The Hall–Kier alpha value is -2.95. The zero-order valence-electron chi connectivity index (χ0n) is 11.1. The molecular formula is C16H12N2O3. The van der Waals surface area contributed by atoms with Crippen LogP contribution in [0.25, 0.3) is 10.9 Å². The van der Waals surface area contributed by atoms with Gasteiger partial charge in [-0.05, 0) is 29.8 Å². The van der Waals surface area contributed by atoms with E-state index in [1.54, 1.807) is 18.2 Å². The van der Waals surface area contributed by atoms with Crippen molar-refractivity contribution in [3.63, 3.8) is 0 Å². The summed E-state index contributed by atoms with van der Waals surface area (Å²) in [5.41, 5.74) is 2.75. The van der Waals surface area contributed by atoms with Crippen molar-refractivity contribution in [2.24, 2.45) is 0 Å². The van der Waals surface area contributed by atoms with Crippen molar-refractivity contribution in [1.29, 1.82) is 0 Å². The summed E-state index contributed by atoms with van der Waals surface area (Å²) >= 11 is 0. The standard InChI is InChI=1S/C16H12N2O3/c19-11-13-3-6-16-14(9-13)7-8-17(16)10-12-1-4-15(5-2-12)18(20)21/h1-9,11H,10H2. The molecule has 3 aromatic rings. The number of hydrogen-bond donors (Lipinski definition) is 0. The first-order chi connectivity index (χ1) is 10.2. The molecule has 21 heavy (non-hydrogen) atoms. The topological polar surface area (TPSA) is 65.1 Å². The molecule has 0 aliphatic carbocycles. The monoisotopic (exact) mass is 280 g/mol. The SMILES string of the molecule is O=Cc1ccc2c(ccn2Cc2ccc([N+](=O)[O-])cc2)c1. The van der Waals surface area contributed by atoms with Crippen molar-refractivity contribution in [1.82, 2.24) is 4.57 Å². The quantitative estimate of drug-likeness (QED) is 0.418. The number of aldehydes is 1. The second-order valence-corrected chi connectivity index (χ2v) is 4.80. The summed E-state index contributed by atoms with van der Waals surface area (Å²) in [6.45, 7) is 0.627. The van der Waals surface area contributed by atoms with Crippen molar-refractivity contribution in [3.8, 4) is 0 Å². The number of nitro groups is 1. The Balaban J connectivity index is 1.91. The van der Waals surface area contributed by atoms with Crippen LogP contribution in [0.5, 0.6) is 0 Å². The van der Waals surface area contributed by atoms with Gasteiger partial charge < -0.3 is 4.57 Å². The largest absolute Gasteiger partial charge is 0.343 e. The van der Waals surface area contributed by atoms with Gasteiger partial charge in [-0.1, -0.05) is 12.1 Å². The Morgan fingerprint density at radius 2 is 1.86 bits per heavy atom. The van der Waals surface area contributed by atoms with Gasteiger partial charge >= 0.3 is 0 Å². The van der Waals surface area contributed by atoms with E-state index in [4.69, 9.17) is 0 Å². The zero-order chi connectivity index (χ0) is 14.8. The molecule has 3 rings (SSSR count). The Morgan fingerprint density at radius 3 is 2.52 bits per heavy atom. The first-order valence-electron chi connectivity index (χ1n) is 6.45. The Labute approximate surface area is 120 Å². The molecule has 0 radical (unpaired) electrons. The third-order valence-corrected chi connectivity index (χ3v) is 3.43. The molecular weight excluding hydrogens is 268 g/mol. The molecule has 5 heteroatoms. The lowest BCUT2D eigenvalue weighted by atomic mass is 10.1. The van der Waals surface area contributed by atoms with Gasteiger partial charge in [0.05, 0.1) is 4.92 Å². The number of aromatic nitrogens is 1. The molecule has 0 bridgehead atoms. The van der Waals surface area contributed by atoms with E-state index in [9.17, 15) is 14.9 Å². The van der Waals surface area contributed by atoms with E-state index < -0.39 is 4.92 Å². The summed E-state index contributed by atoms with van der Waals surface area (Å²) in [5.74, 6) is 0. The van der Waals surface area contributed by atoms with Crippen molar-refractivity contribution >= 4 is 22.9 Å². The van der Waals surface area contributed by atoms with E-state index in [2.05, 4.69) is 0 Å². The van der Waals surface area contributed by atoms with Crippen LogP contribution < -0.4 is 0 Å². The molecule has 2 aromatic carbocycles. The average Bonchev–Trinajstić information content (AvgIpc) is 2.90. The van der Waals surface area contributed by atoms with E-state index in [1.807, 2.05) is 29.0 Å². The van der Waals surface area contributed by atoms with Crippen molar-refractivity contribution in [3.05, 3.63) is 76.0 Å². The van der Waals surface area contributed by atoms with Crippen molar-refractivity contribution in [2.45, 2.75) is 6.54 Å². The van der Waals surface area contributed by atoms with Gasteiger partial charge in [-0.2, -0.15) is 0 Å². The van der Waals surface area contributed by atoms with E-state index in [0.717, 1.165) is 22.8 Å². The van der Waals surface area contributed by atoms with Crippen molar-refractivity contribution < 1.29 is 9.72 Å². The molecule has 5 nitrogen and oxygen atoms in total. The van der Waals surface area contributed by atoms with Crippen LogP contribution >= 0.6 is 0 Å². The molecule has 0 saturated heterocycles. The van der Waals surface area contributed by atoms with E-state index >= 15 is 0 Å². The van der Waals surface area contributed by atoms with E-state index in [1.165, 1.54) is 12.1 Å². The minimum atomic E-state index is -0.407. The highest BCUT2D eigenvalue weighted by Crippen LogP contribution is 2.19. The van der Waals surface area contributed by atoms with Gasteiger partial charge in [0, 0.05) is 41.3 Å². The molecule has 0 fully saturated rings. The number of carbonyl (C=O) groups excluding carboxylic acids is 1. The minimum absolute atomic E-state index is 0.0896. The summed E-state index contributed by atoms with van der Waals surface area (Å²) in [6.07, 6.45) is 2.77. The molecule has 0 aliphatic heterocycles. The maximum absolute atomic E-state index is 10.8. The summed E-state index contributed by atoms with van der Waals surface area (Å²) < 4.78 is 2.05. The van der Waals surface area contributed by atoms with E-state index in [-0.39, 0.29) is 5.69 Å². The van der Waals surface area contributed by atoms with Crippen LogP contribution in [0.3, 0.4) is 0 Å². The number of rotatable bonds is 4. The molecule has 0 aliphatic rings. The fourth-order valence-electron chi connectivity index (χ4n) is 2.35. The van der Waals surface area contributed by atoms with Gasteiger partial charge in [0.2, 0.25) is 0 Å². The van der Waals surface area contributed by atoms with Crippen LogP contribution in [-0.2, 0) is 6.54 Å². The van der Waals surface area contributed by atoms with E-state index in [0.29, 0.717) is 12.1 Å². The van der Waals surface area contributed by atoms with Gasteiger partial charge in [-0.15, -0.1) is 0 Å². The summed E-state index contributed by atoms with van der Waals surface area (Å²) in [4.78, 5) is 21.0. The fraction of sp³-hybridized carbons (Fsp3) is 0.0625. The maximum Gasteiger partial charge on any atom is 0.269 e. The Morgan fingerprint density at radius 1 is 1.10 bits per heavy atom. The highest BCUT2D eigenvalue weighted by molar-refractivity contribution is 5.87. The molecule has 0 atom stereocenters. The predicted octanol–water partition coefficient (Wildman–Crippen LogP) is 3.41. The molecule has 0 N–H and O–H groups in total. The maximum atomic E-state index is 10.8. The van der Waals surface area contributed by atoms with Gasteiger partial charge in [0.15, 0.2) is 0 Å². The van der Waals surface area contributed by atoms with Crippen LogP contribution in [0, 0.1) is 10.1 Å². The van der Waals surface area contributed by atoms with Gasteiger partial charge in [-0.25, -0.2) is 0 Å². The third kappa shape index (κ3) is 2.53. The summed E-state index contributed by atoms with van der Waals surface area (Å²) in [5, 5.41) is 11.6. The predicted molar refractivity (Wildman–Crippen MR) is 79.5 cm³/mol. The molecule has 1 aromatic heterocycles. The third-order valence-electron chi connectivity index (χ3n) is 3.43. The molecule has 0 amide bonds. The fourth-order valence-corrected chi connectivity index (χ4v) is 2.35. The smallest absolute Gasteiger partial charge is 0.269 e. The highest BCUT2D eigenvalue weighted by Gasteiger charge is 2.06. The number of fused-ring (bicyclic) bond motifs is 1. The average molecular weight is 280 g/mol. The number of nitro benzene ring substituents is 1. The lowest BCUT2D eigenvalue weighted by molar-refractivity contribution is -0.384. The number of benzene rings is 2. The molecule has 0 unspecified atom stereocenters. The Kier molecular flexibility index (Phi) is 3.23. The van der Waals surface area contributed by atoms with Crippen LogP contribution in [0.4, 0.5) is 5.69 Å². The normalized spacial score (nSPS) is 10.7. The highest BCUT2D eigenvalue weighted by atomic mass is 16.6. The number of nitrogens with zero attached hydrogens (tertiary/aromatic N) is 2. The second kappa shape index (κ2) is 5.20. The van der Waals surface area contributed by atoms with Crippen LogP contribution in [0.1, 0.15) is 15.9 Å². The Bertz CT molecular complexity index is 819. The molecule has 0 saturated carbocycles. The van der Waals surface area contributed by atoms with Crippen LogP contribution in [0.15, 0.2) is 54.7 Å². The second-order valence-electron chi connectivity index (χ2n) is 4.80. The summed E-state index contributed by atoms with van der Waals surface area (Å²) in [7, 11) is 0. The number of non-ortho nitro benzene ring substituents is 1. The van der Waals surface area contributed by atoms with Gasteiger partial charge in [0.1, 0.15) is 6.29 Å². The van der Waals surface area contributed by atoms with Crippen LogP contribution in [0.2, 0.25) is 0 Å². The zero-order valence-corrected chi connectivity index (χ0v) is 11.1. The molecule has 104 valence electrons. The first kappa shape index (κ1) is 13.1. The van der Waals surface area contributed by atoms with Gasteiger partial charge in [-0.3, -0.25) is 14.9 Å². The number of hydrogen-bond acceptors (Lipinski definition) is 3. The van der Waals surface area contributed by atoms with Crippen LogP contribution in [-0.4, -0.2) is 15.8 Å². The first-order valence-corrected chi connectivity index (χ1v) is 6.45. The summed E-state index contributed by atoms with van der Waals surface area (Å²) in [6, 6.07) is 14.0. The lowest BCUT2D eigenvalue weighted by Crippen LogP contribution is -1.98. The minimum Gasteiger partial charge on any atom is -0.343 e. The number of carbonyl (C=O) groups is 1. The molecule has 0 spiro atoms. The van der Waals surface area contributed by atoms with Gasteiger partial charge in [0.25, 0.3) is 5.69 Å². The lowest BCUT2D eigenvalue weighted by Gasteiger charge is -2.06. The van der Waals surface area contributed by atoms with Crippen molar-refractivity contribution in [2.75, 3.05) is 0 Å².